The van der Waals surface area contributed by atoms with Gasteiger partial charge in [-0.3, -0.25) is 9.59 Å². The van der Waals surface area contributed by atoms with Gasteiger partial charge in [0, 0.05) is 31.6 Å². The zero-order valence-electron chi connectivity index (χ0n) is 16.4. The molecule has 2 amide bonds. The monoisotopic (exact) mass is 420 g/mol. The molecule has 160 valence electrons. The van der Waals surface area contributed by atoms with E-state index in [1.807, 2.05) is 17.0 Å². The van der Waals surface area contributed by atoms with E-state index in [0.717, 1.165) is 24.1 Å². The molecule has 30 heavy (non-hydrogen) atoms. The third-order valence-electron chi connectivity index (χ3n) is 4.77. The maximum Gasteiger partial charge on any atom is 0.411 e. The largest absolute Gasteiger partial charge is 0.411 e. The molecule has 0 radical (unpaired) electrons. The second-order valence-corrected chi connectivity index (χ2v) is 7.22. The number of nitrogens with zero attached hydrogens (tertiary/aromatic N) is 1. The third kappa shape index (κ3) is 6.59. The van der Waals surface area contributed by atoms with E-state index < -0.39 is 12.8 Å². The van der Waals surface area contributed by atoms with Crippen molar-refractivity contribution in [2.45, 2.75) is 38.7 Å². The summed E-state index contributed by atoms with van der Waals surface area (Å²) in [5.74, 6) is -0.0638. The van der Waals surface area contributed by atoms with Gasteiger partial charge < -0.3 is 15.0 Å². The number of alkyl halides is 3. The van der Waals surface area contributed by atoms with E-state index in [1.54, 1.807) is 36.4 Å². The van der Waals surface area contributed by atoms with Crippen molar-refractivity contribution in [2.24, 2.45) is 0 Å². The standard InChI is InChI=1S/C22H23F3N2O3/c23-22(24,25)15-30-14-18-5-3-16(4-6-18)12-26-21(29)19-9-7-17(8-10-19)13-27-11-1-2-20(27)28/h3-10H,1-2,11-15H2,(H,26,29). The van der Waals surface area contributed by atoms with Crippen LogP contribution in [-0.4, -0.2) is 36.0 Å². The van der Waals surface area contributed by atoms with Gasteiger partial charge in [-0.1, -0.05) is 36.4 Å². The highest BCUT2D eigenvalue weighted by Gasteiger charge is 2.27. The van der Waals surface area contributed by atoms with Crippen molar-refractivity contribution >= 4 is 11.8 Å². The number of ether oxygens (including phenoxy) is 1. The van der Waals surface area contributed by atoms with Crippen LogP contribution in [-0.2, 0) is 29.2 Å². The Bertz CT molecular complexity index is 865. The van der Waals surface area contributed by atoms with Crippen molar-refractivity contribution in [3.8, 4) is 0 Å². The van der Waals surface area contributed by atoms with Gasteiger partial charge in [-0.05, 0) is 35.2 Å². The van der Waals surface area contributed by atoms with Crippen LogP contribution in [0.1, 0.15) is 39.9 Å². The van der Waals surface area contributed by atoms with Crippen LogP contribution in [0.15, 0.2) is 48.5 Å². The molecule has 2 aromatic rings. The number of nitrogens with one attached hydrogen (secondary N) is 1. The lowest BCUT2D eigenvalue weighted by atomic mass is 10.1. The van der Waals surface area contributed by atoms with Crippen LogP contribution < -0.4 is 5.32 Å². The number of carbonyl (C=O) groups is 2. The van der Waals surface area contributed by atoms with Crippen molar-refractivity contribution in [1.82, 2.24) is 10.2 Å². The number of hydrogen-bond donors (Lipinski definition) is 1. The molecule has 1 aliphatic heterocycles. The Kier molecular flexibility index (Phi) is 7.10. The van der Waals surface area contributed by atoms with Gasteiger partial charge in [-0.15, -0.1) is 0 Å². The molecule has 8 heteroatoms. The number of amides is 2. The van der Waals surface area contributed by atoms with E-state index >= 15 is 0 Å². The first kappa shape index (κ1) is 21.8. The smallest absolute Gasteiger partial charge is 0.367 e. The fourth-order valence-corrected chi connectivity index (χ4v) is 3.18. The van der Waals surface area contributed by atoms with Crippen LogP contribution >= 0.6 is 0 Å². The van der Waals surface area contributed by atoms with E-state index in [-0.39, 0.29) is 18.4 Å². The second-order valence-electron chi connectivity index (χ2n) is 7.22. The molecule has 0 atom stereocenters. The molecule has 0 bridgehead atoms. The average Bonchev–Trinajstić information content (AvgIpc) is 3.11. The molecule has 1 aliphatic rings. The van der Waals surface area contributed by atoms with Crippen LogP contribution in [0.5, 0.6) is 0 Å². The summed E-state index contributed by atoms with van der Waals surface area (Å²) in [7, 11) is 0. The Morgan fingerprint density at radius 2 is 1.63 bits per heavy atom. The molecule has 2 aromatic carbocycles. The lowest BCUT2D eigenvalue weighted by Gasteiger charge is -2.15. The zero-order chi connectivity index (χ0) is 21.6. The Hall–Kier alpha value is -2.87. The maximum atomic E-state index is 12.3. The summed E-state index contributed by atoms with van der Waals surface area (Å²) in [4.78, 5) is 25.8. The Morgan fingerprint density at radius 1 is 1.00 bits per heavy atom. The minimum atomic E-state index is -4.34. The number of likely N-dealkylation sites (tertiary alicyclic amines) is 1. The molecule has 1 saturated heterocycles. The molecule has 0 saturated carbocycles. The first-order chi connectivity index (χ1) is 14.3. The minimum absolute atomic E-state index is 0.123. The van der Waals surface area contributed by atoms with Crippen LogP contribution in [0, 0.1) is 0 Å². The normalized spacial score (nSPS) is 14.2. The Balaban J connectivity index is 1.45. The van der Waals surface area contributed by atoms with Crippen molar-refractivity contribution in [3.63, 3.8) is 0 Å². The third-order valence-corrected chi connectivity index (χ3v) is 4.77. The molecule has 0 unspecified atom stereocenters. The summed E-state index contributed by atoms with van der Waals surface area (Å²) in [5, 5.41) is 2.81. The highest BCUT2D eigenvalue weighted by molar-refractivity contribution is 5.94. The van der Waals surface area contributed by atoms with Crippen molar-refractivity contribution in [1.29, 1.82) is 0 Å². The van der Waals surface area contributed by atoms with E-state index in [0.29, 0.717) is 30.6 Å². The predicted octanol–water partition coefficient (Wildman–Crippen LogP) is 3.82. The fraction of sp³-hybridized carbons (Fsp3) is 0.364. The molecule has 3 rings (SSSR count). The van der Waals surface area contributed by atoms with Gasteiger partial charge in [0.05, 0.1) is 6.61 Å². The molecule has 5 nitrogen and oxygen atoms in total. The number of halogens is 3. The molecule has 1 fully saturated rings. The van der Waals surface area contributed by atoms with E-state index in [9.17, 15) is 22.8 Å². The van der Waals surface area contributed by atoms with Gasteiger partial charge in [-0.25, -0.2) is 0 Å². The summed E-state index contributed by atoms with van der Waals surface area (Å²) < 4.78 is 40.9. The quantitative estimate of drug-likeness (QED) is 0.707. The predicted molar refractivity (Wildman–Crippen MR) is 104 cm³/mol. The molecule has 1 N–H and O–H groups in total. The van der Waals surface area contributed by atoms with Crippen LogP contribution in [0.2, 0.25) is 0 Å². The number of benzene rings is 2. The Morgan fingerprint density at radius 3 is 2.23 bits per heavy atom. The van der Waals surface area contributed by atoms with Crippen LogP contribution in [0.25, 0.3) is 0 Å². The first-order valence-corrected chi connectivity index (χ1v) is 9.67. The highest BCUT2D eigenvalue weighted by Crippen LogP contribution is 2.16. The van der Waals surface area contributed by atoms with Crippen LogP contribution in [0.4, 0.5) is 13.2 Å². The molecular formula is C22H23F3N2O3. The van der Waals surface area contributed by atoms with Gasteiger partial charge in [0.15, 0.2) is 0 Å². The van der Waals surface area contributed by atoms with Gasteiger partial charge >= 0.3 is 6.18 Å². The summed E-state index contributed by atoms with van der Waals surface area (Å²) in [6.45, 7) is 0.222. The molecule has 1 heterocycles. The van der Waals surface area contributed by atoms with Crippen molar-refractivity contribution < 1.29 is 27.5 Å². The van der Waals surface area contributed by atoms with Gasteiger partial charge in [0.2, 0.25) is 5.91 Å². The number of carbonyl (C=O) groups excluding carboxylic acids is 2. The molecular weight excluding hydrogens is 397 g/mol. The van der Waals surface area contributed by atoms with Crippen molar-refractivity contribution in [3.05, 3.63) is 70.8 Å². The summed E-state index contributed by atoms with van der Waals surface area (Å²) in [6.07, 6.45) is -2.85. The molecule has 0 aromatic heterocycles. The lowest BCUT2D eigenvalue weighted by Crippen LogP contribution is -2.24. The average molecular weight is 420 g/mol. The number of hydrogen-bond acceptors (Lipinski definition) is 3. The van der Waals surface area contributed by atoms with E-state index in [2.05, 4.69) is 10.1 Å². The van der Waals surface area contributed by atoms with Gasteiger partial charge in [0.1, 0.15) is 6.61 Å². The maximum absolute atomic E-state index is 12.3. The molecule has 0 aliphatic carbocycles. The SMILES string of the molecule is O=C(NCc1ccc(COCC(F)(F)F)cc1)c1ccc(CN2CCCC2=O)cc1. The topological polar surface area (TPSA) is 58.6 Å². The number of rotatable bonds is 8. The van der Waals surface area contributed by atoms with Crippen LogP contribution in [0.3, 0.4) is 0 Å². The zero-order valence-corrected chi connectivity index (χ0v) is 16.4. The highest BCUT2D eigenvalue weighted by atomic mass is 19.4. The summed E-state index contributed by atoms with van der Waals surface area (Å²) >= 11 is 0. The minimum Gasteiger partial charge on any atom is -0.367 e. The summed E-state index contributed by atoms with van der Waals surface area (Å²) in [6, 6.07) is 14.0. The second kappa shape index (κ2) is 9.75. The van der Waals surface area contributed by atoms with Gasteiger partial charge in [-0.2, -0.15) is 13.2 Å². The lowest BCUT2D eigenvalue weighted by molar-refractivity contribution is -0.176. The van der Waals surface area contributed by atoms with E-state index in [1.165, 1.54) is 0 Å². The van der Waals surface area contributed by atoms with E-state index in [4.69, 9.17) is 0 Å². The van der Waals surface area contributed by atoms with Gasteiger partial charge in [0.25, 0.3) is 5.91 Å². The first-order valence-electron chi connectivity index (χ1n) is 9.67. The fourth-order valence-electron chi connectivity index (χ4n) is 3.18. The van der Waals surface area contributed by atoms with Crippen molar-refractivity contribution in [2.75, 3.05) is 13.2 Å². The summed E-state index contributed by atoms with van der Waals surface area (Å²) in [5.41, 5.74) is 2.95. The Labute approximate surface area is 172 Å². The molecule has 0 spiro atoms.